The van der Waals surface area contributed by atoms with E-state index in [9.17, 15) is 8.42 Å². The number of rotatable bonds is 5. The third kappa shape index (κ3) is 3.55. The summed E-state index contributed by atoms with van der Waals surface area (Å²) in [5.74, 6) is 0.0262. The number of aromatic amines is 1. The maximum atomic E-state index is 11.9. The number of H-pyrrole nitrogens is 1. The van der Waals surface area contributed by atoms with Gasteiger partial charge < -0.3 is 9.55 Å². The van der Waals surface area contributed by atoms with Gasteiger partial charge in [-0.25, -0.2) is 18.4 Å². The van der Waals surface area contributed by atoms with Crippen molar-refractivity contribution >= 4 is 37.8 Å². The number of aromatic nitrogens is 4. The molecule has 156 valence electrons. The van der Waals surface area contributed by atoms with Crippen molar-refractivity contribution in [3.63, 3.8) is 0 Å². The molecule has 0 spiro atoms. The molecule has 0 saturated carbocycles. The fourth-order valence-corrected chi connectivity index (χ4v) is 4.34. The van der Waals surface area contributed by atoms with Crippen molar-refractivity contribution in [2.45, 2.75) is 6.92 Å². The Balaban J connectivity index is 1.58. The Labute approximate surface area is 179 Å². The average Bonchev–Trinajstić information content (AvgIpc) is 3.36. The molecular weight excluding hydrogens is 410 g/mol. The third-order valence-electron chi connectivity index (χ3n) is 5.42. The van der Waals surface area contributed by atoms with Gasteiger partial charge in [-0.1, -0.05) is 18.2 Å². The zero-order valence-corrected chi connectivity index (χ0v) is 17.9. The normalized spacial score (nSPS) is 11.9. The van der Waals surface area contributed by atoms with E-state index in [2.05, 4.69) is 37.9 Å². The van der Waals surface area contributed by atoms with Gasteiger partial charge in [-0.3, -0.25) is 4.72 Å². The first kappa shape index (κ1) is 19.3. The highest BCUT2D eigenvalue weighted by atomic mass is 32.2. The quantitative estimate of drug-likeness (QED) is 0.427. The number of nitrogens with one attached hydrogen (secondary N) is 2. The van der Waals surface area contributed by atoms with Crippen molar-refractivity contribution in [1.82, 2.24) is 19.5 Å². The van der Waals surface area contributed by atoms with Crippen molar-refractivity contribution in [2.75, 3.05) is 10.5 Å². The Hall–Kier alpha value is -3.65. The van der Waals surface area contributed by atoms with E-state index in [1.54, 1.807) is 19.2 Å². The fourth-order valence-electron chi connectivity index (χ4n) is 3.71. The predicted octanol–water partition coefficient (Wildman–Crippen LogP) is 4.55. The highest BCUT2D eigenvalue weighted by molar-refractivity contribution is 7.92. The Bertz CT molecular complexity index is 1530. The number of imidazole rings is 1. The summed E-state index contributed by atoms with van der Waals surface area (Å²) in [4.78, 5) is 12.2. The number of nitrogens with zero attached hydrogens (tertiary/aromatic N) is 3. The van der Waals surface area contributed by atoms with Gasteiger partial charge in [0.1, 0.15) is 5.65 Å². The van der Waals surface area contributed by atoms with Crippen LogP contribution in [0.3, 0.4) is 0 Å². The van der Waals surface area contributed by atoms with Crippen LogP contribution >= 0.6 is 0 Å². The van der Waals surface area contributed by atoms with Gasteiger partial charge in [0.2, 0.25) is 10.0 Å². The van der Waals surface area contributed by atoms with Gasteiger partial charge >= 0.3 is 0 Å². The second-order valence-corrected chi connectivity index (χ2v) is 9.48. The number of anilines is 1. The summed E-state index contributed by atoms with van der Waals surface area (Å²) >= 11 is 0. The van der Waals surface area contributed by atoms with Crippen molar-refractivity contribution < 1.29 is 8.42 Å². The lowest BCUT2D eigenvalue weighted by Crippen LogP contribution is -2.14. The standard InChI is InChI=1S/C23H21N5O2S/c1-3-31(29,30)27-18-6-4-5-15(9-18)17-10-19-20(13-25-23(19)24-12-17)16-7-8-21-22(11-16)28(2)14-26-21/h4-14,27H,3H2,1-2H3,(H,24,25). The molecule has 2 aromatic carbocycles. The molecule has 0 aliphatic heterocycles. The Morgan fingerprint density at radius 2 is 1.90 bits per heavy atom. The lowest BCUT2D eigenvalue weighted by Gasteiger charge is -2.09. The lowest BCUT2D eigenvalue weighted by atomic mass is 10.0. The minimum absolute atomic E-state index is 0.0262. The van der Waals surface area contributed by atoms with E-state index >= 15 is 0 Å². The molecule has 3 heterocycles. The van der Waals surface area contributed by atoms with Crippen molar-refractivity contribution in [2.24, 2.45) is 7.05 Å². The molecule has 0 aliphatic carbocycles. The molecule has 0 aliphatic rings. The van der Waals surface area contributed by atoms with Gasteiger partial charge in [-0.2, -0.15) is 0 Å². The summed E-state index contributed by atoms with van der Waals surface area (Å²) in [6.45, 7) is 1.61. The molecule has 0 radical (unpaired) electrons. The summed E-state index contributed by atoms with van der Waals surface area (Å²) in [6, 6.07) is 15.6. The van der Waals surface area contributed by atoms with Crippen LogP contribution in [0.1, 0.15) is 6.92 Å². The van der Waals surface area contributed by atoms with E-state index in [1.165, 1.54) is 0 Å². The van der Waals surface area contributed by atoms with Gasteiger partial charge in [0.25, 0.3) is 0 Å². The lowest BCUT2D eigenvalue weighted by molar-refractivity contribution is 0.602. The number of pyridine rings is 1. The fraction of sp³-hybridized carbons (Fsp3) is 0.130. The molecule has 0 amide bonds. The minimum atomic E-state index is -3.33. The summed E-state index contributed by atoms with van der Waals surface area (Å²) in [5, 5.41) is 0.999. The van der Waals surface area contributed by atoms with Crippen LogP contribution in [0.2, 0.25) is 0 Å². The van der Waals surface area contributed by atoms with Crippen LogP contribution in [0.15, 0.2) is 67.3 Å². The minimum Gasteiger partial charge on any atom is -0.346 e. The van der Waals surface area contributed by atoms with Gasteiger partial charge in [-0.05, 0) is 48.4 Å². The van der Waals surface area contributed by atoms with Gasteiger partial charge in [0, 0.05) is 41.6 Å². The molecule has 0 atom stereocenters. The molecule has 5 aromatic rings. The topological polar surface area (TPSA) is 92.7 Å². The Morgan fingerprint density at radius 3 is 2.74 bits per heavy atom. The maximum Gasteiger partial charge on any atom is 0.232 e. The second-order valence-electron chi connectivity index (χ2n) is 7.47. The Morgan fingerprint density at radius 1 is 1.03 bits per heavy atom. The first-order valence-electron chi connectivity index (χ1n) is 9.93. The van der Waals surface area contributed by atoms with Gasteiger partial charge in [0.15, 0.2) is 0 Å². The van der Waals surface area contributed by atoms with Crippen LogP contribution in [-0.4, -0.2) is 33.7 Å². The van der Waals surface area contributed by atoms with E-state index < -0.39 is 10.0 Å². The predicted molar refractivity (Wildman–Crippen MR) is 124 cm³/mol. The molecule has 31 heavy (non-hydrogen) atoms. The number of hydrogen-bond acceptors (Lipinski definition) is 4. The van der Waals surface area contributed by atoms with E-state index in [1.807, 2.05) is 48.4 Å². The van der Waals surface area contributed by atoms with Gasteiger partial charge in [-0.15, -0.1) is 0 Å². The summed E-state index contributed by atoms with van der Waals surface area (Å²) in [7, 11) is -1.35. The molecule has 0 fully saturated rings. The number of hydrogen-bond donors (Lipinski definition) is 2. The van der Waals surface area contributed by atoms with Crippen LogP contribution in [-0.2, 0) is 17.1 Å². The molecular formula is C23H21N5O2S. The van der Waals surface area contributed by atoms with Crippen LogP contribution in [0.25, 0.3) is 44.3 Å². The smallest absolute Gasteiger partial charge is 0.232 e. The molecule has 0 bridgehead atoms. The SMILES string of the molecule is CCS(=O)(=O)Nc1cccc(-c2cnc3[nH]cc(-c4ccc5ncn(C)c5c4)c3c2)c1. The molecule has 8 heteroatoms. The number of fused-ring (bicyclic) bond motifs is 2. The van der Waals surface area contributed by atoms with Gasteiger partial charge in [0.05, 0.1) is 23.1 Å². The highest BCUT2D eigenvalue weighted by Crippen LogP contribution is 2.33. The van der Waals surface area contributed by atoms with Crippen molar-refractivity contribution in [3.05, 3.63) is 67.3 Å². The van der Waals surface area contributed by atoms with Crippen LogP contribution in [0.4, 0.5) is 5.69 Å². The molecule has 2 N–H and O–H groups in total. The number of sulfonamides is 1. The Kier molecular flexibility index (Phi) is 4.51. The van der Waals surface area contributed by atoms with Crippen molar-refractivity contribution in [3.8, 4) is 22.3 Å². The molecule has 0 saturated heterocycles. The maximum absolute atomic E-state index is 11.9. The number of benzene rings is 2. The van der Waals surface area contributed by atoms with Crippen LogP contribution < -0.4 is 4.72 Å². The average molecular weight is 432 g/mol. The van der Waals surface area contributed by atoms with E-state index in [0.717, 1.165) is 44.3 Å². The molecule has 3 aromatic heterocycles. The van der Waals surface area contributed by atoms with E-state index in [4.69, 9.17) is 0 Å². The molecule has 0 unspecified atom stereocenters. The summed E-state index contributed by atoms with van der Waals surface area (Å²) < 4.78 is 28.4. The van der Waals surface area contributed by atoms with Crippen molar-refractivity contribution in [1.29, 1.82) is 0 Å². The summed E-state index contributed by atoms with van der Waals surface area (Å²) in [6.07, 6.45) is 5.56. The monoisotopic (exact) mass is 431 g/mol. The zero-order chi connectivity index (χ0) is 21.6. The number of aryl methyl sites for hydroxylation is 1. The first-order valence-corrected chi connectivity index (χ1v) is 11.6. The van der Waals surface area contributed by atoms with E-state index in [-0.39, 0.29) is 5.75 Å². The van der Waals surface area contributed by atoms with E-state index in [0.29, 0.717) is 5.69 Å². The zero-order valence-electron chi connectivity index (χ0n) is 17.1. The summed E-state index contributed by atoms with van der Waals surface area (Å²) in [5.41, 5.74) is 7.28. The molecule has 5 rings (SSSR count). The van der Waals surface area contributed by atoms with Crippen LogP contribution in [0, 0.1) is 0 Å². The highest BCUT2D eigenvalue weighted by Gasteiger charge is 2.12. The van der Waals surface area contributed by atoms with Crippen LogP contribution in [0.5, 0.6) is 0 Å². The largest absolute Gasteiger partial charge is 0.346 e. The third-order valence-corrected chi connectivity index (χ3v) is 6.72. The second kappa shape index (κ2) is 7.24. The molecule has 7 nitrogen and oxygen atoms in total. The first-order chi connectivity index (χ1) is 14.9.